The van der Waals surface area contributed by atoms with E-state index in [2.05, 4.69) is 31.2 Å². The third-order valence-electron chi connectivity index (χ3n) is 3.14. The summed E-state index contributed by atoms with van der Waals surface area (Å²) in [5, 5.41) is 0. The van der Waals surface area contributed by atoms with Crippen molar-refractivity contribution in [3.63, 3.8) is 0 Å². The monoisotopic (exact) mass is 211 g/mol. The molecule has 0 atom stereocenters. The van der Waals surface area contributed by atoms with Gasteiger partial charge >= 0.3 is 0 Å². The molecule has 1 nitrogen and oxygen atoms in total. The molecule has 0 aliphatic rings. The molecule has 0 aromatic heterocycles. The molecule has 0 fully saturated rings. The Kier molecular flexibility index (Phi) is 3.07. The number of nitrogens with two attached hydrogens (primary N) is 1. The minimum atomic E-state index is -0.372. The van der Waals surface area contributed by atoms with Gasteiger partial charge in [-0.1, -0.05) is 67.6 Å². The predicted molar refractivity (Wildman–Crippen MR) is 68.1 cm³/mol. The lowest BCUT2D eigenvalue weighted by molar-refractivity contribution is 0.519. The highest BCUT2D eigenvalue weighted by Gasteiger charge is 2.26. The largest absolute Gasteiger partial charge is 0.318 e. The van der Waals surface area contributed by atoms with Crippen molar-refractivity contribution >= 4 is 0 Å². The molecule has 82 valence electrons. The molecular weight excluding hydrogens is 194 g/mol. The molecule has 0 aliphatic heterocycles. The van der Waals surface area contributed by atoms with E-state index in [-0.39, 0.29) is 5.54 Å². The van der Waals surface area contributed by atoms with Gasteiger partial charge in [0, 0.05) is 0 Å². The Morgan fingerprint density at radius 3 is 1.50 bits per heavy atom. The topological polar surface area (TPSA) is 26.0 Å². The van der Waals surface area contributed by atoms with Gasteiger partial charge in [-0.2, -0.15) is 0 Å². The third kappa shape index (κ3) is 1.86. The van der Waals surface area contributed by atoms with E-state index in [0.717, 1.165) is 6.42 Å². The van der Waals surface area contributed by atoms with Gasteiger partial charge in [-0.15, -0.1) is 0 Å². The summed E-state index contributed by atoms with van der Waals surface area (Å²) < 4.78 is 0. The zero-order valence-corrected chi connectivity index (χ0v) is 9.56. The maximum absolute atomic E-state index is 6.54. The van der Waals surface area contributed by atoms with Crippen molar-refractivity contribution in [1.82, 2.24) is 0 Å². The summed E-state index contributed by atoms with van der Waals surface area (Å²) in [7, 11) is 0. The molecule has 16 heavy (non-hydrogen) atoms. The first-order valence-corrected chi connectivity index (χ1v) is 5.67. The molecule has 2 aromatic carbocycles. The van der Waals surface area contributed by atoms with Crippen LogP contribution in [0.5, 0.6) is 0 Å². The van der Waals surface area contributed by atoms with E-state index >= 15 is 0 Å². The van der Waals surface area contributed by atoms with Crippen LogP contribution >= 0.6 is 0 Å². The molecule has 0 radical (unpaired) electrons. The van der Waals surface area contributed by atoms with E-state index in [4.69, 9.17) is 5.73 Å². The maximum atomic E-state index is 6.54. The van der Waals surface area contributed by atoms with Crippen molar-refractivity contribution in [2.75, 3.05) is 0 Å². The zero-order chi connectivity index (χ0) is 11.4. The SMILES string of the molecule is CCC(N)(c1ccccc1)c1ccccc1. The lowest BCUT2D eigenvalue weighted by atomic mass is 9.82. The number of hydrogen-bond donors (Lipinski definition) is 1. The van der Waals surface area contributed by atoms with E-state index in [1.54, 1.807) is 0 Å². The standard InChI is InChI=1S/C15H17N/c1-2-15(16,13-9-5-3-6-10-13)14-11-7-4-8-12-14/h3-12H,2,16H2,1H3. The van der Waals surface area contributed by atoms with Gasteiger partial charge in [0.25, 0.3) is 0 Å². The molecule has 0 heterocycles. The molecule has 0 saturated heterocycles. The summed E-state index contributed by atoms with van der Waals surface area (Å²) in [6.45, 7) is 2.12. The Balaban J connectivity index is 2.49. The van der Waals surface area contributed by atoms with Gasteiger partial charge in [0.15, 0.2) is 0 Å². The summed E-state index contributed by atoms with van der Waals surface area (Å²) in [5.74, 6) is 0. The van der Waals surface area contributed by atoms with Crippen LogP contribution in [0.15, 0.2) is 60.7 Å². The van der Waals surface area contributed by atoms with Crippen LogP contribution in [0.4, 0.5) is 0 Å². The second-order valence-corrected chi connectivity index (χ2v) is 4.06. The van der Waals surface area contributed by atoms with E-state index < -0.39 is 0 Å². The van der Waals surface area contributed by atoms with Crippen molar-refractivity contribution in [2.45, 2.75) is 18.9 Å². The smallest absolute Gasteiger partial charge is 0.0662 e. The number of benzene rings is 2. The molecule has 2 N–H and O–H groups in total. The fourth-order valence-electron chi connectivity index (χ4n) is 2.05. The number of hydrogen-bond acceptors (Lipinski definition) is 1. The van der Waals surface area contributed by atoms with Crippen molar-refractivity contribution < 1.29 is 0 Å². The highest BCUT2D eigenvalue weighted by Crippen LogP contribution is 2.29. The molecule has 2 rings (SSSR count). The van der Waals surface area contributed by atoms with E-state index in [1.807, 2.05) is 36.4 Å². The minimum Gasteiger partial charge on any atom is -0.318 e. The molecule has 0 amide bonds. The van der Waals surface area contributed by atoms with E-state index in [1.165, 1.54) is 11.1 Å². The summed E-state index contributed by atoms with van der Waals surface area (Å²) >= 11 is 0. The molecule has 0 aliphatic carbocycles. The lowest BCUT2D eigenvalue weighted by Gasteiger charge is -2.29. The summed E-state index contributed by atoms with van der Waals surface area (Å²) in [6, 6.07) is 20.6. The summed E-state index contributed by atoms with van der Waals surface area (Å²) in [6.07, 6.45) is 0.890. The average Bonchev–Trinajstić information content (AvgIpc) is 2.40. The first kappa shape index (κ1) is 10.9. The highest BCUT2D eigenvalue weighted by atomic mass is 14.7. The second-order valence-electron chi connectivity index (χ2n) is 4.06. The van der Waals surface area contributed by atoms with Crippen LogP contribution in [-0.4, -0.2) is 0 Å². The van der Waals surface area contributed by atoms with Gasteiger partial charge in [-0.25, -0.2) is 0 Å². The molecule has 0 spiro atoms. The van der Waals surface area contributed by atoms with Gasteiger partial charge in [0.05, 0.1) is 5.54 Å². The van der Waals surface area contributed by atoms with Gasteiger partial charge in [-0.3, -0.25) is 0 Å². The van der Waals surface area contributed by atoms with E-state index in [0.29, 0.717) is 0 Å². The van der Waals surface area contributed by atoms with Crippen LogP contribution in [0.3, 0.4) is 0 Å². The number of rotatable bonds is 3. The molecular formula is C15H17N. The lowest BCUT2D eigenvalue weighted by Crippen LogP contribution is -2.37. The normalized spacial score (nSPS) is 11.4. The predicted octanol–water partition coefficient (Wildman–Crippen LogP) is 3.30. The fraction of sp³-hybridized carbons (Fsp3) is 0.200. The van der Waals surface area contributed by atoms with Crippen LogP contribution in [0.2, 0.25) is 0 Å². The first-order valence-electron chi connectivity index (χ1n) is 5.67. The van der Waals surface area contributed by atoms with Gasteiger partial charge in [0.1, 0.15) is 0 Å². The van der Waals surface area contributed by atoms with E-state index in [9.17, 15) is 0 Å². The first-order chi connectivity index (χ1) is 7.77. The van der Waals surface area contributed by atoms with Crippen LogP contribution in [0, 0.1) is 0 Å². The van der Waals surface area contributed by atoms with Gasteiger partial charge in [-0.05, 0) is 17.5 Å². The Bertz CT molecular complexity index is 394. The molecule has 0 saturated carbocycles. The maximum Gasteiger partial charge on any atom is 0.0662 e. The Morgan fingerprint density at radius 2 is 1.19 bits per heavy atom. The van der Waals surface area contributed by atoms with Crippen LogP contribution in [-0.2, 0) is 5.54 Å². The zero-order valence-electron chi connectivity index (χ0n) is 9.56. The van der Waals surface area contributed by atoms with Crippen LogP contribution in [0.25, 0.3) is 0 Å². The summed E-state index contributed by atoms with van der Waals surface area (Å²) in [4.78, 5) is 0. The molecule has 1 heteroatoms. The van der Waals surface area contributed by atoms with Gasteiger partial charge in [0.2, 0.25) is 0 Å². The Hall–Kier alpha value is -1.60. The second kappa shape index (κ2) is 4.50. The van der Waals surface area contributed by atoms with Crippen molar-refractivity contribution in [3.05, 3.63) is 71.8 Å². The van der Waals surface area contributed by atoms with Crippen molar-refractivity contribution in [1.29, 1.82) is 0 Å². The Morgan fingerprint density at radius 1 is 0.812 bits per heavy atom. The van der Waals surface area contributed by atoms with Crippen molar-refractivity contribution in [3.8, 4) is 0 Å². The third-order valence-corrected chi connectivity index (χ3v) is 3.14. The minimum absolute atomic E-state index is 0.372. The average molecular weight is 211 g/mol. The van der Waals surface area contributed by atoms with Crippen LogP contribution < -0.4 is 5.73 Å². The quantitative estimate of drug-likeness (QED) is 0.828. The molecule has 0 unspecified atom stereocenters. The summed E-state index contributed by atoms with van der Waals surface area (Å²) in [5.41, 5.74) is 8.51. The van der Waals surface area contributed by atoms with Crippen LogP contribution in [0.1, 0.15) is 24.5 Å². The fourth-order valence-corrected chi connectivity index (χ4v) is 2.05. The van der Waals surface area contributed by atoms with Crippen molar-refractivity contribution in [2.24, 2.45) is 5.73 Å². The Labute approximate surface area is 96.9 Å². The molecule has 0 bridgehead atoms. The highest BCUT2D eigenvalue weighted by molar-refractivity contribution is 5.37. The molecule has 2 aromatic rings. The van der Waals surface area contributed by atoms with Gasteiger partial charge < -0.3 is 5.73 Å².